The number of sulfonamides is 1. The Hall–Kier alpha value is -2.16. The molecule has 0 saturated heterocycles. The highest BCUT2D eigenvalue weighted by Gasteiger charge is 2.23. The van der Waals surface area contributed by atoms with Crippen LogP contribution in [0.1, 0.15) is 56.9 Å². The minimum absolute atomic E-state index is 0.0922. The van der Waals surface area contributed by atoms with Crippen LogP contribution in [0.5, 0.6) is 0 Å². The summed E-state index contributed by atoms with van der Waals surface area (Å²) in [4.78, 5) is 0. The van der Waals surface area contributed by atoms with Gasteiger partial charge in [0, 0.05) is 5.69 Å². The van der Waals surface area contributed by atoms with Crippen molar-refractivity contribution in [1.82, 2.24) is 20.2 Å². The highest BCUT2D eigenvalue weighted by atomic mass is 32.2. The van der Waals surface area contributed by atoms with Gasteiger partial charge in [-0.3, -0.25) is 4.72 Å². The van der Waals surface area contributed by atoms with Crippen molar-refractivity contribution in [2.75, 3.05) is 16.3 Å². The molecule has 1 fully saturated rings. The van der Waals surface area contributed by atoms with Crippen LogP contribution in [0.3, 0.4) is 0 Å². The molecule has 0 aliphatic heterocycles. The predicted molar refractivity (Wildman–Crippen MR) is 96.9 cm³/mol. The lowest BCUT2D eigenvalue weighted by molar-refractivity contribution is 0.314. The fourth-order valence-electron chi connectivity index (χ4n) is 3.27. The van der Waals surface area contributed by atoms with E-state index in [1.165, 1.54) is 19.3 Å². The van der Waals surface area contributed by atoms with Crippen molar-refractivity contribution in [3.8, 4) is 0 Å². The Balaban J connectivity index is 1.73. The Kier molecular flexibility index (Phi) is 5.22. The van der Waals surface area contributed by atoms with Crippen molar-refractivity contribution in [1.29, 1.82) is 0 Å². The van der Waals surface area contributed by atoms with E-state index in [0.717, 1.165) is 30.6 Å². The first-order chi connectivity index (χ1) is 11.9. The first kappa shape index (κ1) is 17.7. The molecule has 0 amide bonds. The van der Waals surface area contributed by atoms with Crippen LogP contribution in [0.25, 0.3) is 0 Å². The van der Waals surface area contributed by atoms with Crippen LogP contribution in [0.15, 0.2) is 24.3 Å². The maximum absolute atomic E-state index is 11.4. The van der Waals surface area contributed by atoms with Gasteiger partial charge in [0.2, 0.25) is 10.0 Å². The molecule has 1 atom stereocenters. The summed E-state index contributed by atoms with van der Waals surface area (Å²) >= 11 is 0. The van der Waals surface area contributed by atoms with E-state index in [9.17, 15) is 8.42 Å². The number of rotatable bonds is 6. The van der Waals surface area contributed by atoms with Crippen LogP contribution in [0, 0.1) is 0 Å². The zero-order chi connectivity index (χ0) is 17.9. The van der Waals surface area contributed by atoms with E-state index in [2.05, 4.69) is 25.6 Å². The highest BCUT2D eigenvalue weighted by Crippen LogP contribution is 2.30. The smallest absolute Gasteiger partial charge is 0.229 e. The van der Waals surface area contributed by atoms with E-state index in [1.54, 1.807) is 18.2 Å². The lowest BCUT2D eigenvalue weighted by atomic mass is 9.95. The Morgan fingerprint density at radius 3 is 2.64 bits per heavy atom. The van der Waals surface area contributed by atoms with Crippen molar-refractivity contribution >= 4 is 21.4 Å². The van der Waals surface area contributed by atoms with Gasteiger partial charge in [-0.1, -0.05) is 25.3 Å². The van der Waals surface area contributed by atoms with E-state index in [0.29, 0.717) is 11.7 Å². The molecule has 1 aliphatic rings. The third-order valence-corrected chi connectivity index (χ3v) is 4.98. The van der Waals surface area contributed by atoms with E-state index < -0.39 is 10.0 Å². The summed E-state index contributed by atoms with van der Waals surface area (Å²) in [6.45, 7) is 2.00. The number of hydrogen-bond acceptors (Lipinski definition) is 6. The van der Waals surface area contributed by atoms with Gasteiger partial charge in [-0.25, -0.2) is 13.1 Å². The van der Waals surface area contributed by atoms with E-state index in [-0.39, 0.29) is 6.04 Å². The SMILES string of the molecule is CC(Nc1cccc(NS(C)(=O)=O)c1)c1nnnn1C1CCCCC1. The van der Waals surface area contributed by atoms with Gasteiger partial charge in [-0.2, -0.15) is 0 Å². The number of nitrogens with zero attached hydrogens (tertiary/aromatic N) is 4. The molecule has 2 N–H and O–H groups in total. The highest BCUT2D eigenvalue weighted by molar-refractivity contribution is 7.92. The van der Waals surface area contributed by atoms with Crippen LogP contribution < -0.4 is 10.0 Å². The maximum atomic E-state index is 11.4. The molecule has 0 bridgehead atoms. The molecule has 8 nitrogen and oxygen atoms in total. The molecule has 1 saturated carbocycles. The Morgan fingerprint density at radius 2 is 1.92 bits per heavy atom. The second-order valence-electron chi connectivity index (χ2n) is 6.59. The van der Waals surface area contributed by atoms with Crippen molar-refractivity contribution in [3.63, 3.8) is 0 Å². The zero-order valence-electron chi connectivity index (χ0n) is 14.5. The van der Waals surface area contributed by atoms with Crippen LogP contribution in [-0.4, -0.2) is 34.9 Å². The normalized spacial score (nSPS) is 17.2. The van der Waals surface area contributed by atoms with E-state index >= 15 is 0 Å². The molecule has 1 aliphatic carbocycles. The number of anilines is 2. The Bertz CT molecular complexity index is 814. The van der Waals surface area contributed by atoms with E-state index in [4.69, 9.17) is 0 Å². The number of nitrogens with one attached hydrogen (secondary N) is 2. The summed E-state index contributed by atoms with van der Waals surface area (Å²) in [6.07, 6.45) is 7.06. The molecular formula is C16H24N6O2S. The lowest BCUT2D eigenvalue weighted by Gasteiger charge is -2.24. The van der Waals surface area contributed by atoms with E-state index in [1.807, 2.05) is 17.7 Å². The van der Waals surface area contributed by atoms with Gasteiger partial charge in [-0.05, 0) is 48.4 Å². The maximum Gasteiger partial charge on any atom is 0.229 e. The molecule has 136 valence electrons. The minimum Gasteiger partial charge on any atom is -0.375 e. The van der Waals surface area contributed by atoms with Crippen molar-refractivity contribution < 1.29 is 8.42 Å². The fourth-order valence-corrected chi connectivity index (χ4v) is 3.83. The topological polar surface area (TPSA) is 102 Å². The molecule has 0 spiro atoms. The third-order valence-electron chi connectivity index (χ3n) is 4.38. The molecule has 1 heterocycles. The average molecular weight is 364 g/mol. The largest absolute Gasteiger partial charge is 0.375 e. The third kappa shape index (κ3) is 4.68. The molecule has 1 aromatic heterocycles. The molecule has 1 aromatic carbocycles. The minimum atomic E-state index is -3.30. The predicted octanol–water partition coefficient (Wildman–Crippen LogP) is 2.72. The quantitative estimate of drug-likeness (QED) is 0.817. The standard InChI is InChI=1S/C16H24N6O2S/c1-12(16-18-20-21-22(16)15-9-4-3-5-10-15)17-13-7-6-8-14(11-13)19-25(2,23)24/h6-8,11-12,15,17,19H,3-5,9-10H2,1-2H3. The summed E-state index contributed by atoms with van der Waals surface area (Å²) in [7, 11) is -3.30. The van der Waals surface area contributed by atoms with Crippen LogP contribution in [0.4, 0.5) is 11.4 Å². The number of tetrazole rings is 1. The summed E-state index contributed by atoms with van der Waals surface area (Å²) < 4.78 is 27.2. The number of benzene rings is 1. The summed E-state index contributed by atoms with van der Waals surface area (Å²) in [5, 5.41) is 15.6. The summed E-state index contributed by atoms with van der Waals surface area (Å²) in [5.41, 5.74) is 1.32. The molecule has 2 aromatic rings. The first-order valence-electron chi connectivity index (χ1n) is 8.54. The zero-order valence-corrected chi connectivity index (χ0v) is 15.3. The molecule has 1 unspecified atom stereocenters. The van der Waals surface area contributed by atoms with Crippen molar-refractivity contribution in [2.24, 2.45) is 0 Å². The van der Waals surface area contributed by atoms with Crippen molar-refractivity contribution in [3.05, 3.63) is 30.1 Å². The van der Waals surface area contributed by atoms with Crippen LogP contribution in [-0.2, 0) is 10.0 Å². The first-order valence-corrected chi connectivity index (χ1v) is 10.4. The lowest BCUT2D eigenvalue weighted by Crippen LogP contribution is -2.21. The molecule has 9 heteroatoms. The van der Waals surface area contributed by atoms with Gasteiger partial charge in [0.1, 0.15) is 0 Å². The molecule has 3 rings (SSSR count). The molecular weight excluding hydrogens is 340 g/mol. The van der Waals surface area contributed by atoms with Gasteiger partial charge in [-0.15, -0.1) is 5.10 Å². The molecule has 0 radical (unpaired) electrons. The average Bonchev–Trinajstić information content (AvgIpc) is 3.04. The van der Waals surface area contributed by atoms with Gasteiger partial charge in [0.25, 0.3) is 0 Å². The van der Waals surface area contributed by atoms with Gasteiger partial charge in [0.15, 0.2) is 5.82 Å². The number of hydrogen-bond donors (Lipinski definition) is 2. The summed E-state index contributed by atoms with van der Waals surface area (Å²) in [5.74, 6) is 0.799. The monoisotopic (exact) mass is 364 g/mol. The van der Waals surface area contributed by atoms with Gasteiger partial charge in [0.05, 0.1) is 24.0 Å². The summed E-state index contributed by atoms with van der Waals surface area (Å²) in [6, 6.07) is 7.42. The van der Waals surface area contributed by atoms with Gasteiger partial charge >= 0.3 is 0 Å². The number of aromatic nitrogens is 4. The van der Waals surface area contributed by atoms with Gasteiger partial charge < -0.3 is 5.32 Å². The second-order valence-corrected chi connectivity index (χ2v) is 8.34. The van der Waals surface area contributed by atoms with Crippen molar-refractivity contribution in [2.45, 2.75) is 51.1 Å². The molecule has 25 heavy (non-hydrogen) atoms. The van der Waals surface area contributed by atoms with Crippen LogP contribution >= 0.6 is 0 Å². The Morgan fingerprint density at radius 1 is 1.20 bits per heavy atom. The van der Waals surface area contributed by atoms with Crippen LogP contribution in [0.2, 0.25) is 0 Å². The Labute approximate surface area is 148 Å². The second kappa shape index (κ2) is 7.38. The fraction of sp³-hybridized carbons (Fsp3) is 0.562.